The number of hydrogen-bond acceptors (Lipinski definition) is 6. The molecule has 3 heterocycles. The highest BCUT2D eigenvalue weighted by Crippen LogP contribution is 2.24. The molecule has 0 atom stereocenters. The van der Waals surface area contributed by atoms with E-state index in [0.717, 1.165) is 53.7 Å². The third-order valence-corrected chi connectivity index (χ3v) is 6.83. The second-order valence-electron chi connectivity index (χ2n) is 8.21. The lowest BCUT2D eigenvalue weighted by Crippen LogP contribution is -2.45. The number of halogens is 1. The van der Waals surface area contributed by atoms with Crippen molar-refractivity contribution in [1.29, 1.82) is 0 Å². The molecule has 170 valence electrons. The molecule has 1 fully saturated rings. The molecule has 4 aromatic rings. The Kier molecular flexibility index (Phi) is 6.22. The maximum Gasteiger partial charge on any atom is 0.259 e. The zero-order chi connectivity index (χ0) is 22.8. The molecule has 0 unspecified atom stereocenters. The molecule has 0 aliphatic carbocycles. The average molecular weight is 465 g/mol. The highest BCUT2D eigenvalue weighted by Gasteiger charge is 2.19. The van der Waals surface area contributed by atoms with E-state index < -0.39 is 0 Å². The third kappa shape index (κ3) is 4.68. The number of piperazine rings is 1. The Balaban J connectivity index is 1.23. The summed E-state index contributed by atoms with van der Waals surface area (Å²) in [4.78, 5) is 23.0. The lowest BCUT2D eigenvalue weighted by atomic mass is 10.1. The van der Waals surface area contributed by atoms with Crippen molar-refractivity contribution in [3.63, 3.8) is 0 Å². The SMILES string of the molecule is COc1ccc(CN2CCN(Cc3cc(=O)n4c(-c5ccccc5)csc4n3)CC2)cc1F. The van der Waals surface area contributed by atoms with E-state index in [2.05, 4.69) is 9.80 Å². The Hall–Kier alpha value is -3.07. The Morgan fingerprint density at radius 1 is 1.00 bits per heavy atom. The van der Waals surface area contributed by atoms with Crippen LogP contribution in [-0.2, 0) is 13.1 Å². The Labute approximate surface area is 195 Å². The first-order valence-electron chi connectivity index (χ1n) is 10.9. The molecular weight excluding hydrogens is 439 g/mol. The normalized spacial score (nSPS) is 15.2. The van der Waals surface area contributed by atoms with Gasteiger partial charge >= 0.3 is 0 Å². The zero-order valence-electron chi connectivity index (χ0n) is 18.4. The Morgan fingerprint density at radius 2 is 1.73 bits per heavy atom. The molecule has 33 heavy (non-hydrogen) atoms. The van der Waals surface area contributed by atoms with Gasteiger partial charge in [0.2, 0.25) is 0 Å². The largest absolute Gasteiger partial charge is 0.494 e. The van der Waals surface area contributed by atoms with Gasteiger partial charge < -0.3 is 4.74 Å². The summed E-state index contributed by atoms with van der Waals surface area (Å²) >= 11 is 1.49. The second kappa shape index (κ2) is 9.43. The lowest BCUT2D eigenvalue weighted by molar-refractivity contribution is 0.121. The monoisotopic (exact) mass is 464 g/mol. The van der Waals surface area contributed by atoms with Crippen molar-refractivity contribution in [2.24, 2.45) is 0 Å². The minimum atomic E-state index is -0.328. The topological polar surface area (TPSA) is 50.1 Å². The maximum atomic E-state index is 14.0. The molecule has 2 aromatic carbocycles. The molecule has 1 saturated heterocycles. The second-order valence-corrected chi connectivity index (χ2v) is 9.05. The predicted molar refractivity (Wildman–Crippen MR) is 128 cm³/mol. The van der Waals surface area contributed by atoms with Gasteiger partial charge in [0.25, 0.3) is 5.56 Å². The number of thiazole rings is 1. The van der Waals surface area contributed by atoms with Crippen LogP contribution in [-0.4, -0.2) is 52.5 Å². The van der Waals surface area contributed by atoms with Crippen molar-refractivity contribution in [2.75, 3.05) is 33.3 Å². The number of hydrogen-bond donors (Lipinski definition) is 0. The first-order chi connectivity index (χ1) is 16.1. The number of rotatable bonds is 6. The van der Waals surface area contributed by atoms with E-state index in [0.29, 0.717) is 13.1 Å². The van der Waals surface area contributed by atoms with Crippen LogP contribution in [0.2, 0.25) is 0 Å². The summed E-state index contributed by atoms with van der Waals surface area (Å²) in [6.07, 6.45) is 0. The molecule has 0 N–H and O–H groups in total. The fourth-order valence-electron chi connectivity index (χ4n) is 4.26. The highest BCUT2D eigenvalue weighted by molar-refractivity contribution is 7.15. The predicted octanol–water partition coefficient (Wildman–Crippen LogP) is 3.89. The quantitative estimate of drug-likeness (QED) is 0.433. The molecule has 1 aliphatic rings. The summed E-state index contributed by atoms with van der Waals surface area (Å²) in [5, 5.41) is 1.99. The fourth-order valence-corrected chi connectivity index (χ4v) is 5.18. The summed E-state index contributed by atoms with van der Waals surface area (Å²) in [6.45, 7) is 4.87. The summed E-state index contributed by atoms with van der Waals surface area (Å²) in [6, 6.07) is 16.7. The van der Waals surface area contributed by atoms with Crippen LogP contribution < -0.4 is 10.3 Å². The van der Waals surface area contributed by atoms with Crippen molar-refractivity contribution in [2.45, 2.75) is 13.1 Å². The molecular formula is C25H25FN4O2S. The Bertz CT molecular complexity index is 1310. The lowest BCUT2D eigenvalue weighted by Gasteiger charge is -2.34. The number of methoxy groups -OCH3 is 1. The smallest absolute Gasteiger partial charge is 0.259 e. The third-order valence-electron chi connectivity index (χ3n) is 6.00. The molecule has 0 saturated carbocycles. The number of ether oxygens (including phenoxy) is 1. The van der Waals surface area contributed by atoms with Gasteiger partial charge in [0, 0.05) is 50.7 Å². The van der Waals surface area contributed by atoms with E-state index in [9.17, 15) is 9.18 Å². The molecule has 2 aromatic heterocycles. The molecule has 0 radical (unpaired) electrons. The molecule has 0 spiro atoms. The van der Waals surface area contributed by atoms with Gasteiger partial charge in [-0.2, -0.15) is 0 Å². The van der Waals surface area contributed by atoms with Crippen LogP contribution in [0, 0.1) is 5.82 Å². The van der Waals surface area contributed by atoms with E-state index in [1.165, 1.54) is 18.4 Å². The number of fused-ring (bicyclic) bond motifs is 1. The van der Waals surface area contributed by atoms with Gasteiger partial charge in [-0.3, -0.25) is 19.0 Å². The molecule has 6 nitrogen and oxygen atoms in total. The van der Waals surface area contributed by atoms with Gasteiger partial charge in [-0.25, -0.2) is 9.37 Å². The standard InChI is InChI=1S/C25H25FN4O2S/c1-32-23-8-7-18(13-21(23)26)15-28-9-11-29(12-10-28)16-20-14-24(31)30-22(17-33-25(30)27-20)19-5-3-2-4-6-19/h2-8,13-14,17H,9-12,15-16H2,1H3. The van der Waals surface area contributed by atoms with E-state index in [1.54, 1.807) is 22.6 Å². The van der Waals surface area contributed by atoms with Crippen LogP contribution in [0.3, 0.4) is 0 Å². The average Bonchev–Trinajstić information content (AvgIpc) is 3.26. The maximum absolute atomic E-state index is 14.0. The van der Waals surface area contributed by atoms with E-state index in [-0.39, 0.29) is 17.1 Å². The van der Waals surface area contributed by atoms with Gasteiger partial charge in [0.05, 0.1) is 18.5 Å². The van der Waals surface area contributed by atoms with Gasteiger partial charge in [0.15, 0.2) is 16.5 Å². The molecule has 5 rings (SSSR count). The van der Waals surface area contributed by atoms with Crippen LogP contribution in [0.1, 0.15) is 11.3 Å². The first-order valence-corrected chi connectivity index (χ1v) is 11.8. The highest BCUT2D eigenvalue weighted by atomic mass is 32.1. The summed E-state index contributed by atoms with van der Waals surface area (Å²) in [7, 11) is 1.47. The van der Waals surface area contributed by atoms with Crippen LogP contribution in [0.5, 0.6) is 5.75 Å². The number of aromatic nitrogens is 2. The van der Waals surface area contributed by atoms with Gasteiger partial charge in [-0.05, 0) is 23.3 Å². The first kappa shape index (κ1) is 21.8. The van der Waals surface area contributed by atoms with Crippen LogP contribution in [0.4, 0.5) is 4.39 Å². The van der Waals surface area contributed by atoms with E-state index in [1.807, 2.05) is 41.8 Å². The van der Waals surface area contributed by atoms with Crippen LogP contribution >= 0.6 is 11.3 Å². The molecule has 0 amide bonds. The summed E-state index contributed by atoms with van der Waals surface area (Å²) in [5.41, 5.74) is 3.58. The van der Waals surface area contributed by atoms with Crippen LogP contribution in [0.25, 0.3) is 16.2 Å². The summed E-state index contributed by atoms with van der Waals surface area (Å²) in [5.74, 6) is -0.0593. The zero-order valence-corrected chi connectivity index (χ0v) is 19.2. The van der Waals surface area contributed by atoms with Gasteiger partial charge in [-0.15, -0.1) is 11.3 Å². The van der Waals surface area contributed by atoms with Gasteiger partial charge in [-0.1, -0.05) is 36.4 Å². The molecule has 0 bridgehead atoms. The molecule has 8 heteroatoms. The molecule has 1 aliphatic heterocycles. The van der Waals surface area contributed by atoms with Gasteiger partial charge in [0.1, 0.15) is 0 Å². The van der Waals surface area contributed by atoms with Crippen molar-refractivity contribution < 1.29 is 9.13 Å². The number of benzene rings is 2. The minimum Gasteiger partial charge on any atom is -0.494 e. The Morgan fingerprint density at radius 3 is 2.42 bits per heavy atom. The van der Waals surface area contributed by atoms with E-state index in [4.69, 9.17) is 9.72 Å². The van der Waals surface area contributed by atoms with E-state index >= 15 is 0 Å². The summed E-state index contributed by atoms with van der Waals surface area (Å²) < 4.78 is 20.7. The fraction of sp³-hybridized carbons (Fsp3) is 0.280. The van der Waals surface area contributed by atoms with Crippen LogP contribution in [0.15, 0.2) is 64.8 Å². The number of nitrogens with zero attached hydrogens (tertiary/aromatic N) is 4. The minimum absolute atomic E-state index is 0.0460. The van der Waals surface area contributed by atoms with Crippen molar-refractivity contribution in [1.82, 2.24) is 19.2 Å². The van der Waals surface area contributed by atoms with Crippen molar-refractivity contribution >= 4 is 16.3 Å². The van der Waals surface area contributed by atoms with Crippen molar-refractivity contribution in [3.8, 4) is 17.0 Å². The van der Waals surface area contributed by atoms with Crippen molar-refractivity contribution in [3.05, 3.63) is 87.4 Å².